The third-order valence-corrected chi connectivity index (χ3v) is 5.80. The van der Waals surface area contributed by atoms with E-state index in [0.29, 0.717) is 31.9 Å². The summed E-state index contributed by atoms with van der Waals surface area (Å²) in [7, 11) is 0. The number of nitrogens with zero attached hydrogens (tertiary/aromatic N) is 3. The lowest BCUT2D eigenvalue weighted by atomic mass is 10.1. The Morgan fingerprint density at radius 3 is 2.40 bits per heavy atom. The number of hydrogen-bond donors (Lipinski definition) is 1. The topological polar surface area (TPSA) is 69.3 Å². The van der Waals surface area contributed by atoms with Crippen LogP contribution in [-0.4, -0.2) is 58.0 Å². The minimum Gasteiger partial charge on any atom is -0.336 e. The Bertz CT molecular complexity index is 780. The molecular formula is C18H24N4O2S. The van der Waals surface area contributed by atoms with E-state index >= 15 is 0 Å². The van der Waals surface area contributed by atoms with E-state index < -0.39 is 0 Å². The largest absolute Gasteiger partial charge is 0.336 e. The summed E-state index contributed by atoms with van der Waals surface area (Å²) in [5.74, 6) is 0.0288. The van der Waals surface area contributed by atoms with E-state index in [9.17, 15) is 9.59 Å². The Morgan fingerprint density at radius 1 is 1.16 bits per heavy atom. The Hall–Kier alpha value is -2.15. The van der Waals surface area contributed by atoms with Crippen molar-refractivity contribution < 1.29 is 9.59 Å². The van der Waals surface area contributed by atoms with Crippen LogP contribution in [0.5, 0.6) is 0 Å². The Kier molecular flexibility index (Phi) is 5.22. The van der Waals surface area contributed by atoms with Crippen molar-refractivity contribution in [3.05, 3.63) is 38.8 Å². The van der Waals surface area contributed by atoms with Gasteiger partial charge in [0.05, 0.1) is 4.88 Å². The highest BCUT2D eigenvalue weighted by Crippen LogP contribution is 2.20. The molecule has 0 unspecified atom stereocenters. The van der Waals surface area contributed by atoms with Gasteiger partial charge in [-0.2, -0.15) is 5.10 Å². The highest BCUT2D eigenvalue weighted by Gasteiger charge is 2.27. The summed E-state index contributed by atoms with van der Waals surface area (Å²) in [6.07, 6.45) is 1.61. The highest BCUT2D eigenvalue weighted by atomic mass is 32.1. The van der Waals surface area contributed by atoms with Crippen LogP contribution >= 0.6 is 11.3 Å². The summed E-state index contributed by atoms with van der Waals surface area (Å²) < 4.78 is 0. The van der Waals surface area contributed by atoms with Crippen molar-refractivity contribution in [1.29, 1.82) is 0 Å². The summed E-state index contributed by atoms with van der Waals surface area (Å²) in [6, 6.07) is 1.97. The first-order chi connectivity index (χ1) is 12.0. The normalized spacial score (nSPS) is 15.3. The summed E-state index contributed by atoms with van der Waals surface area (Å²) >= 11 is 1.48. The maximum atomic E-state index is 12.8. The molecule has 0 radical (unpaired) electrons. The molecule has 0 aliphatic carbocycles. The lowest BCUT2D eigenvalue weighted by Crippen LogP contribution is -2.37. The number of hydrogen-bond acceptors (Lipinski definition) is 4. The molecule has 3 rings (SSSR count). The molecule has 7 heteroatoms. The minimum atomic E-state index is -0.0462. The van der Waals surface area contributed by atoms with Gasteiger partial charge in [0.15, 0.2) is 5.69 Å². The fourth-order valence-electron chi connectivity index (χ4n) is 3.20. The first kappa shape index (κ1) is 17.7. The van der Waals surface area contributed by atoms with Crippen LogP contribution in [0.2, 0.25) is 0 Å². The number of carbonyl (C=O) groups is 2. The number of rotatable bonds is 3. The van der Waals surface area contributed by atoms with Gasteiger partial charge in [0, 0.05) is 37.4 Å². The van der Waals surface area contributed by atoms with Gasteiger partial charge in [-0.05, 0) is 43.7 Å². The lowest BCUT2D eigenvalue weighted by molar-refractivity contribution is 0.0717. The second kappa shape index (κ2) is 7.39. The molecule has 1 N–H and O–H groups in total. The number of H-pyrrole nitrogens is 1. The van der Waals surface area contributed by atoms with Crippen LogP contribution < -0.4 is 0 Å². The monoisotopic (exact) mass is 360 g/mol. The van der Waals surface area contributed by atoms with Gasteiger partial charge in [0.1, 0.15) is 0 Å². The highest BCUT2D eigenvalue weighted by molar-refractivity contribution is 7.12. The molecule has 3 heterocycles. The molecule has 0 spiro atoms. The molecule has 134 valence electrons. The van der Waals surface area contributed by atoms with Crippen LogP contribution in [0.3, 0.4) is 0 Å². The summed E-state index contributed by atoms with van der Waals surface area (Å²) in [6.45, 7) is 8.37. The van der Waals surface area contributed by atoms with Crippen LogP contribution in [0.4, 0.5) is 0 Å². The molecule has 1 fully saturated rings. The molecular weight excluding hydrogens is 336 g/mol. The third kappa shape index (κ3) is 3.46. The van der Waals surface area contributed by atoms with E-state index in [1.54, 1.807) is 0 Å². The number of aromatic nitrogens is 2. The molecule has 25 heavy (non-hydrogen) atoms. The molecule has 0 bridgehead atoms. The van der Waals surface area contributed by atoms with Crippen molar-refractivity contribution >= 4 is 23.2 Å². The van der Waals surface area contributed by atoms with Gasteiger partial charge >= 0.3 is 0 Å². The van der Waals surface area contributed by atoms with E-state index in [1.807, 2.05) is 42.0 Å². The second-order valence-corrected chi connectivity index (χ2v) is 7.32. The molecule has 0 saturated carbocycles. The molecule has 0 aromatic carbocycles. The van der Waals surface area contributed by atoms with Crippen LogP contribution in [-0.2, 0) is 6.42 Å². The first-order valence-electron chi connectivity index (χ1n) is 8.69. The number of thiophene rings is 1. The second-order valence-electron chi connectivity index (χ2n) is 6.40. The standard InChI is InChI=1S/C18H24N4O2S/c1-4-14-13(3)15(20-19-14)17(23)21-7-5-8-22(10-9-21)18(24)16-12(2)6-11-25-16/h6,11H,4-5,7-10H2,1-3H3,(H,19,20). The Morgan fingerprint density at radius 2 is 1.84 bits per heavy atom. The van der Waals surface area contributed by atoms with Crippen molar-refractivity contribution in [3.8, 4) is 0 Å². The zero-order valence-corrected chi connectivity index (χ0v) is 15.8. The van der Waals surface area contributed by atoms with Gasteiger partial charge in [-0.25, -0.2) is 0 Å². The maximum absolute atomic E-state index is 12.8. The number of carbonyl (C=O) groups excluding carboxylic acids is 2. The fourth-order valence-corrected chi connectivity index (χ4v) is 4.09. The quantitative estimate of drug-likeness (QED) is 0.915. The van der Waals surface area contributed by atoms with Crippen molar-refractivity contribution in [2.75, 3.05) is 26.2 Å². The van der Waals surface area contributed by atoms with Crippen LogP contribution in [0, 0.1) is 13.8 Å². The minimum absolute atomic E-state index is 0.0462. The number of aryl methyl sites for hydroxylation is 2. The van der Waals surface area contributed by atoms with E-state index in [-0.39, 0.29) is 11.8 Å². The van der Waals surface area contributed by atoms with Crippen LogP contribution in [0.1, 0.15) is 50.3 Å². The van der Waals surface area contributed by atoms with Crippen molar-refractivity contribution in [2.24, 2.45) is 0 Å². The number of aromatic amines is 1. The molecule has 6 nitrogen and oxygen atoms in total. The predicted octanol–water partition coefficient (Wildman–Crippen LogP) is 2.64. The molecule has 2 aromatic heterocycles. The zero-order chi connectivity index (χ0) is 18.0. The van der Waals surface area contributed by atoms with E-state index in [1.165, 1.54) is 11.3 Å². The molecule has 0 atom stereocenters. The average molecular weight is 360 g/mol. The molecule has 1 saturated heterocycles. The van der Waals surface area contributed by atoms with Crippen LogP contribution in [0.25, 0.3) is 0 Å². The van der Waals surface area contributed by atoms with E-state index in [2.05, 4.69) is 10.2 Å². The van der Waals surface area contributed by atoms with Gasteiger partial charge in [-0.1, -0.05) is 6.92 Å². The molecule has 1 aliphatic rings. The summed E-state index contributed by atoms with van der Waals surface area (Å²) in [5.41, 5.74) is 3.46. The predicted molar refractivity (Wildman–Crippen MR) is 98.2 cm³/mol. The zero-order valence-electron chi connectivity index (χ0n) is 15.0. The SMILES string of the molecule is CCc1[nH]nc(C(=O)N2CCCN(C(=O)c3sccc3C)CC2)c1C. The Balaban J connectivity index is 1.69. The Labute approximate surface area is 151 Å². The number of nitrogens with one attached hydrogen (secondary N) is 1. The molecule has 1 aliphatic heterocycles. The maximum Gasteiger partial charge on any atom is 0.274 e. The van der Waals surface area contributed by atoms with Crippen LogP contribution in [0.15, 0.2) is 11.4 Å². The summed E-state index contributed by atoms with van der Waals surface area (Å²) in [5, 5.41) is 9.10. The van der Waals surface area contributed by atoms with Crippen molar-refractivity contribution in [3.63, 3.8) is 0 Å². The van der Waals surface area contributed by atoms with Gasteiger partial charge in [-0.3, -0.25) is 14.7 Å². The molecule has 2 amide bonds. The van der Waals surface area contributed by atoms with Gasteiger partial charge < -0.3 is 9.80 Å². The summed E-state index contributed by atoms with van der Waals surface area (Å²) in [4.78, 5) is 30.0. The van der Waals surface area contributed by atoms with Crippen molar-refractivity contribution in [1.82, 2.24) is 20.0 Å². The van der Waals surface area contributed by atoms with Gasteiger partial charge in [0.25, 0.3) is 11.8 Å². The average Bonchev–Trinajstić information content (AvgIpc) is 3.10. The van der Waals surface area contributed by atoms with E-state index in [4.69, 9.17) is 0 Å². The smallest absolute Gasteiger partial charge is 0.274 e. The third-order valence-electron chi connectivity index (χ3n) is 4.79. The molecule has 2 aromatic rings. The first-order valence-corrected chi connectivity index (χ1v) is 9.57. The van der Waals surface area contributed by atoms with E-state index in [0.717, 1.165) is 34.5 Å². The van der Waals surface area contributed by atoms with Gasteiger partial charge in [0.2, 0.25) is 0 Å². The number of amides is 2. The lowest BCUT2D eigenvalue weighted by Gasteiger charge is -2.21. The fraction of sp³-hybridized carbons (Fsp3) is 0.500. The van der Waals surface area contributed by atoms with Gasteiger partial charge in [-0.15, -0.1) is 11.3 Å². The van der Waals surface area contributed by atoms with Crippen molar-refractivity contribution in [2.45, 2.75) is 33.6 Å².